The molecule has 0 nitrogen and oxygen atoms in total. The van der Waals surface area contributed by atoms with E-state index in [1.165, 1.54) is 38.8 Å². The molecule has 0 amide bonds. The van der Waals surface area contributed by atoms with Gasteiger partial charge in [-0.15, -0.1) is 9.24 Å². The summed E-state index contributed by atoms with van der Waals surface area (Å²) in [5, 5.41) is 5.13. The van der Waals surface area contributed by atoms with Crippen molar-refractivity contribution in [1.82, 2.24) is 0 Å². The van der Waals surface area contributed by atoms with Gasteiger partial charge in [-0.3, -0.25) is 0 Å². The van der Waals surface area contributed by atoms with Crippen LogP contribution in [0.25, 0.3) is 0 Å². The average molecular weight is 460 g/mol. The Bertz CT molecular complexity index is 1140. The van der Waals surface area contributed by atoms with E-state index in [9.17, 15) is 8.78 Å². The van der Waals surface area contributed by atoms with Crippen LogP contribution >= 0.6 is 17.2 Å². The highest BCUT2D eigenvalue weighted by Gasteiger charge is 2.20. The van der Waals surface area contributed by atoms with Crippen molar-refractivity contribution in [2.24, 2.45) is 0 Å². The van der Waals surface area contributed by atoms with Crippen LogP contribution in [0.4, 0.5) is 8.78 Å². The van der Waals surface area contributed by atoms with E-state index in [-0.39, 0.29) is 5.82 Å². The summed E-state index contributed by atoms with van der Waals surface area (Å²) in [5.74, 6) is -1.43. The molecule has 0 saturated carbocycles. The zero-order chi connectivity index (χ0) is 22.5. The van der Waals surface area contributed by atoms with Crippen LogP contribution < -0.4 is 26.7 Å². The maximum atomic E-state index is 13.8. The molecule has 2 atom stereocenters. The van der Waals surface area contributed by atoms with Gasteiger partial charge in [0, 0.05) is 0 Å². The maximum Gasteiger partial charge on any atom is 0.165 e. The molecule has 0 aliphatic rings. The van der Waals surface area contributed by atoms with E-state index in [1.54, 1.807) is 6.07 Å². The van der Waals surface area contributed by atoms with Gasteiger partial charge in [0.2, 0.25) is 0 Å². The van der Waals surface area contributed by atoms with Gasteiger partial charge in [-0.25, -0.2) is 8.78 Å². The largest absolute Gasteiger partial charge is 0.204 e. The quantitative estimate of drug-likeness (QED) is 0.283. The van der Waals surface area contributed by atoms with Gasteiger partial charge in [0.25, 0.3) is 0 Å². The molecule has 5 heteroatoms. The van der Waals surface area contributed by atoms with Gasteiger partial charge in [0.05, 0.1) is 0 Å². The molecule has 0 saturated heterocycles. The molecule has 0 spiro atoms. The summed E-state index contributed by atoms with van der Waals surface area (Å²) in [6.07, 6.45) is 0.861. The first-order chi connectivity index (χ1) is 15.6. The van der Waals surface area contributed by atoms with Crippen LogP contribution in [0.15, 0.2) is 97.1 Å². The molecule has 0 heterocycles. The average Bonchev–Trinajstić information content (AvgIpc) is 2.82. The monoisotopic (exact) mass is 460 g/mol. The summed E-state index contributed by atoms with van der Waals surface area (Å²) in [4.78, 5) is 0. The first-order valence-electron chi connectivity index (χ1n) is 10.8. The summed E-state index contributed by atoms with van der Waals surface area (Å²) in [5.41, 5.74) is 2.04. The van der Waals surface area contributed by atoms with Gasteiger partial charge in [0.15, 0.2) is 18.9 Å². The Labute approximate surface area is 193 Å². The van der Waals surface area contributed by atoms with Crippen LogP contribution in [0.1, 0.15) is 24.7 Å². The number of hydrogen-bond acceptors (Lipinski definition) is 0. The van der Waals surface area contributed by atoms with E-state index in [1.807, 2.05) is 0 Å². The lowest BCUT2D eigenvalue weighted by Crippen LogP contribution is -2.32. The summed E-state index contributed by atoms with van der Waals surface area (Å²) < 4.78 is 27.1. The highest BCUT2D eigenvalue weighted by atomic mass is 31.1. The van der Waals surface area contributed by atoms with Crippen LogP contribution in [-0.2, 0) is 0 Å². The first-order valence-corrected chi connectivity index (χ1v) is 12.7. The lowest BCUT2D eigenvalue weighted by atomic mass is 9.56. The smallest absolute Gasteiger partial charge is 0.165 e. The molecule has 0 radical (unpaired) electrons. The van der Waals surface area contributed by atoms with Crippen LogP contribution in [-0.4, -0.2) is 7.28 Å². The Hall–Kier alpha value is -2.34. The second kappa shape index (κ2) is 10.5. The van der Waals surface area contributed by atoms with Crippen LogP contribution in [0, 0.1) is 11.6 Å². The Morgan fingerprint density at radius 3 is 1.94 bits per heavy atom. The van der Waals surface area contributed by atoms with Crippen molar-refractivity contribution in [3.8, 4) is 0 Å². The van der Waals surface area contributed by atoms with E-state index in [0.29, 0.717) is 0 Å². The topological polar surface area (TPSA) is 0 Å². The maximum absolute atomic E-state index is 13.8. The summed E-state index contributed by atoms with van der Waals surface area (Å²) in [6.45, 7) is 2.09. The fourth-order valence-corrected chi connectivity index (χ4v) is 7.10. The number of benzene rings is 4. The molecule has 2 unspecified atom stereocenters. The molecule has 32 heavy (non-hydrogen) atoms. The van der Waals surface area contributed by atoms with Crippen molar-refractivity contribution in [3.05, 3.63) is 114 Å². The van der Waals surface area contributed by atoms with Crippen molar-refractivity contribution < 1.29 is 8.78 Å². The van der Waals surface area contributed by atoms with Gasteiger partial charge in [-0.1, -0.05) is 104 Å². The lowest BCUT2D eigenvalue weighted by Gasteiger charge is -2.22. The Kier molecular flexibility index (Phi) is 7.51. The fraction of sp³-hybridized carbons (Fsp3) is 0.111. The number of hydrogen-bond donors (Lipinski definition) is 0. The van der Waals surface area contributed by atoms with E-state index >= 15 is 0 Å². The third-order valence-corrected chi connectivity index (χ3v) is 8.99. The lowest BCUT2D eigenvalue weighted by molar-refractivity contribution is 0.506. The van der Waals surface area contributed by atoms with Crippen molar-refractivity contribution >= 4 is 51.1 Å². The molecule has 4 rings (SSSR count). The van der Waals surface area contributed by atoms with E-state index in [4.69, 9.17) is 0 Å². The number of rotatable bonds is 7. The second-order valence-electron chi connectivity index (χ2n) is 7.88. The molecule has 0 bridgehead atoms. The summed E-state index contributed by atoms with van der Waals surface area (Å²) in [7, 11) is 3.04. The van der Waals surface area contributed by atoms with Gasteiger partial charge < -0.3 is 0 Å². The van der Waals surface area contributed by atoms with Gasteiger partial charge in [-0.2, -0.15) is 0 Å². The predicted molar refractivity (Wildman–Crippen MR) is 141 cm³/mol. The normalized spacial score (nSPS) is 12.0. The third-order valence-electron chi connectivity index (χ3n) is 5.75. The highest BCUT2D eigenvalue weighted by molar-refractivity contribution is 7.80. The minimum atomic E-state index is -0.796. The molecule has 4 aromatic rings. The predicted octanol–water partition coefficient (Wildman–Crippen LogP) is 4.44. The molecule has 0 N–H and O–H groups in total. The molecular formula is C27H25BF2P2. The minimum absolute atomic E-state index is 0.144. The van der Waals surface area contributed by atoms with Crippen molar-refractivity contribution in [1.29, 1.82) is 0 Å². The fourth-order valence-electron chi connectivity index (χ4n) is 4.06. The van der Waals surface area contributed by atoms with Crippen molar-refractivity contribution in [2.75, 3.05) is 0 Å². The van der Waals surface area contributed by atoms with E-state index < -0.39 is 19.6 Å². The highest BCUT2D eigenvalue weighted by Crippen LogP contribution is 2.32. The molecular weight excluding hydrogens is 435 g/mol. The second-order valence-corrected chi connectivity index (χ2v) is 10.7. The van der Waals surface area contributed by atoms with E-state index in [0.717, 1.165) is 19.3 Å². The van der Waals surface area contributed by atoms with Crippen molar-refractivity contribution in [2.45, 2.75) is 19.2 Å². The van der Waals surface area contributed by atoms with Gasteiger partial charge in [-0.05, 0) is 52.7 Å². The third kappa shape index (κ3) is 5.17. The van der Waals surface area contributed by atoms with Gasteiger partial charge in [0.1, 0.15) is 0 Å². The minimum Gasteiger partial charge on any atom is -0.204 e. The molecule has 0 fully saturated rings. The Morgan fingerprint density at radius 1 is 0.781 bits per heavy atom. The standard InChI is InChI=1S/C27H25BF2P2/c1-2-23(19-13-15-24(29)25(30)17-19)28-20-14-16-27(26(31)18-20)32(21-9-5-3-6-10-21)22-11-7-4-8-12-22/h3-18,23,28H,2,31H2,1H3. The Morgan fingerprint density at radius 2 is 1.41 bits per heavy atom. The first kappa shape index (κ1) is 22.8. The summed E-state index contributed by atoms with van der Waals surface area (Å²) in [6, 6.07) is 32.2. The van der Waals surface area contributed by atoms with E-state index in [2.05, 4.69) is 95.0 Å². The van der Waals surface area contributed by atoms with Gasteiger partial charge >= 0.3 is 0 Å². The molecule has 160 valence electrons. The van der Waals surface area contributed by atoms with Crippen LogP contribution in [0.3, 0.4) is 0 Å². The summed E-state index contributed by atoms with van der Waals surface area (Å²) >= 11 is 0. The van der Waals surface area contributed by atoms with Crippen molar-refractivity contribution in [3.63, 3.8) is 0 Å². The Balaban J connectivity index is 1.66. The van der Waals surface area contributed by atoms with Crippen LogP contribution in [0.5, 0.6) is 0 Å². The molecule has 0 aromatic heterocycles. The number of halogens is 2. The molecule has 0 aliphatic heterocycles. The van der Waals surface area contributed by atoms with Crippen LogP contribution in [0.2, 0.25) is 0 Å². The zero-order valence-corrected chi connectivity index (χ0v) is 20.1. The molecule has 4 aromatic carbocycles. The molecule has 0 aliphatic carbocycles. The SMILES string of the molecule is CCC(Bc1ccc(P(c2ccccc2)c2ccccc2)c(P)c1)c1ccc(F)c(F)c1. The zero-order valence-electron chi connectivity index (χ0n) is 18.0.